The van der Waals surface area contributed by atoms with Crippen molar-refractivity contribution in [1.29, 1.82) is 0 Å². The highest BCUT2D eigenvalue weighted by atomic mass is 35.5. The SMILES string of the molecule is COc1ccc(-n2nc(C(=O)NCC(=O)NC3CCCCCC3)c3ccccc3c2=O)cc1Cl. The lowest BCUT2D eigenvalue weighted by atomic mass is 10.1. The summed E-state index contributed by atoms with van der Waals surface area (Å²) in [4.78, 5) is 38.6. The lowest BCUT2D eigenvalue weighted by Crippen LogP contribution is -2.42. The van der Waals surface area contributed by atoms with Gasteiger partial charge in [-0.05, 0) is 37.1 Å². The van der Waals surface area contributed by atoms with Crippen molar-refractivity contribution in [3.63, 3.8) is 0 Å². The van der Waals surface area contributed by atoms with Crippen molar-refractivity contribution in [3.05, 3.63) is 63.5 Å². The maximum Gasteiger partial charge on any atom is 0.279 e. The highest BCUT2D eigenvalue weighted by Crippen LogP contribution is 2.26. The maximum atomic E-state index is 13.1. The first kappa shape index (κ1) is 23.8. The van der Waals surface area contributed by atoms with E-state index in [1.807, 2.05) is 0 Å². The highest BCUT2D eigenvalue weighted by molar-refractivity contribution is 6.32. The Morgan fingerprint density at radius 2 is 1.79 bits per heavy atom. The molecule has 34 heavy (non-hydrogen) atoms. The van der Waals surface area contributed by atoms with Crippen LogP contribution in [0.5, 0.6) is 5.75 Å². The number of carbonyl (C=O) groups is 2. The summed E-state index contributed by atoms with van der Waals surface area (Å²) in [5, 5.41) is 11.0. The van der Waals surface area contributed by atoms with Crippen molar-refractivity contribution in [2.75, 3.05) is 13.7 Å². The second-order valence-electron chi connectivity index (χ2n) is 8.37. The molecule has 4 rings (SSSR count). The number of halogens is 1. The molecule has 1 aromatic heterocycles. The van der Waals surface area contributed by atoms with Crippen LogP contribution in [0.15, 0.2) is 47.3 Å². The first-order valence-electron chi connectivity index (χ1n) is 11.4. The van der Waals surface area contributed by atoms with Crippen LogP contribution in [-0.4, -0.2) is 41.3 Å². The predicted molar refractivity (Wildman–Crippen MR) is 131 cm³/mol. The van der Waals surface area contributed by atoms with E-state index in [0.717, 1.165) is 30.4 Å². The molecule has 178 valence electrons. The van der Waals surface area contributed by atoms with E-state index in [-0.39, 0.29) is 29.7 Å². The minimum atomic E-state index is -0.541. The molecular formula is C25H27ClN4O4. The second kappa shape index (κ2) is 10.7. The number of amides is 2. The normalized spacial score (nSPS) is 14.4. The Morgan fingerprint density at radius 1 is 1.09 bits per heavy atom. The first-order valence-corrected chi connectivity index (χ1v) is 11.8. The van der Waals surface area contributed by atoms with Crippen LogP contribution < -0.4 is 20.9 Å². The molecule has 1 aliphatic carbocycles. The number of nitrogens with zero attached hydrogens (tertiary/aromatic N) is 2. The van der Waals surface area contributed by atoms with Crippen molar-refractivity contribution >= 4 is 34.2 Å². The largest absolute Gasteiger partial charge is 0.495 e. The standard InChI is InChI=1S/C25H27ClN4O4/c1-34-21-13-12-17(14-20(21)26)30-25(33)19-11-7-6-10-18(19)23(29-30)24(32)27-15-22(31)28-16-8-4-2-3-5-9-16/h6-7,10-14,16H,2-5,8-9,15H2,1H3,(H,27,32)(H,28,31). The smallest absolute Gasteiger partial charge is 0.279 e. The summed E-state index contributed by atoms with van der Waals surface area (Å²) in [6.07, 6.45) is 6.50. The quantitative estimate of drug-likeness (QED) is 0.522. The van der Waals surface area contributed by atoms with Crippen molar-refractivity contribution in [1.82, 2.24) is 20.4 Å². The first-order chi connectivity index (χ1) is 16.5. The Morgan fingerprint density at radius 3 is 2.47 bits per heavy atom. The Hall–Kier alpha value is -3.39. The van der Waals surface area contributed by atoms with Gasteiger partial charge < -0.3 is 15.4 Å². The zero-order chi connectivity index (χ0) is 24.1. The summed E-state index contributed by atoms with van der Waals surface area (Å²) in [6.45, 7) is -0.168. The van der Waals surface area contributed by atoms with Gasteiger partial charge in [-0.1, -0.05) is 55.5 Å². The maximum absolute atomic E-state index is 13.1. The van der Waals surface area contributed by atoms with Crippen molar-refractivity contribution in [3.8, 4) is 11.4 Å². The molecule has 0 spiro atoms. The van der Waals surface area contributed by atoms with E-state index in [0.29, 0.717) is 27.2 Å². The third kappa shape index (κ3) is 5.22. The average Bonchev–Trinajstić information content (AvgIpc) is 3.11. The van der Waals surface area contributed by atoms with Crippen LogP contribution in [0, 0.1) is 0 Å². The molecular weight excluding hydrogens is 456 g/mol. The fourth-order valence-corrected chi connectivity index (χ4v) is 4.52. The van der Waals surface area contributed by atoms with Gasteiger partial charge in [-0.15, -0.1) is 0 Å². The lowest BCUT2D eigenvalue weighted by molar-refractivity contribution is -0.120. The van der Waals surface area contributed by atoms with Crippen LogP contribution in [0.25, 0.3) is 16.5 Å². The summed E-state index contributed by atoms with van der Waals surface area (Å²) in [6, 6.07) is 11.7. The summed E-state index contributed by atoms with van der Waals surface area (Å²) in [5.41, 5.74) is 0.0469. The lowest BCUT2D eigenvalue weighted by Gasteiger charge is -2.16. The van der Waals surface area contributed by atoms with Crippen molar-refractivity contribution in [2.24, 2.45) is 0 Å². The van der Waals surface area contributed by atoms with E-state index in [4.69, 9.17) is 16.3 Å². The number of rotatable bonds is 6. The zero-order valence-corrected chi connectivity index (χ0v) is 19.7. The van der Waals surface area contributed by atoms with Gasteiger partial charge in [0.2, 0.25) is 5.91 Å². The molecule has 8 nitrogen and oxygen atoms in total. The summed E-state index contributed by atoms with van der Waals surface area (Å²) < 4.78 is 6.31. The van der Waals surface area contributed by atoms with Gasteiger partial charge in [0.25, 0.3) is 11.5 Å². The number of hydrogen-bond acceptors (Lipinski definition) is 5. The number of carbonyl (C=O) groups excluding carboxylic acids is 2. The Kier molecular flexibility index (Phi) is 7.47. The molecule has 2 aromatic carbocycles. The monoisotopic (exact) mass is 482 g/mol. The van der Waals surface area contributed by atoms with Gasteiger partial charge in [0.1, 0.15) is 5.75 Å². The molecule has 3 aromatic rings. The molecule has 0 radical (unpaired) electrons. The number of nitrogens with one attached hydrogen (secondary N) is 2. The molecule has 0 bridgehead atoms. The number of hydrogen-bond donors (Lipinski definition) is 2. The molecule has 1 heterocycles. The number of ether oxygens (including phenoxy) is 1. The van der Waals surface area contributed by atoms with Crippen LogP contribution in [0.3, 0.4) is 0 Å². The van der Waals surface area contributed by atoms with Gasteiger partial charge in [0.15, 0.2) is 5.69 Å². The molecule has 0 unspecified atom stereocenters. The van der Waals surface area contributed by atoms with Crippen LogP contribution in [0.1, 0.15) is 49.0 Å². The van der Waals surface area contributed by atoms with Crippen LogP contribution >= 0.6 is 11.6 Å². The van der Waals surface area contributed by atoms with Gasteiger partial charge in [0.05, 0.1) is 29.8 Å². The van der Waals surface area contributed by atoms with E-state index in [9.17, 15) is 14.4 Å². The van der Waals surface area contributed by atoms with E-state index >= 15 is 0 Å². The van der Waals surface area contributed by atoms with Crippen molar-refractivity contribution < 1.29 is 14.3 Å². The fraction of sp³-hybridized carbons (Fsp3) is 0.360. The minimum Gasteiger partial charge on any atom is -0.495 e. The topological polar surface area (TPSA) is 102 Å². The average molecular weight is 483 g/mol. The molecule has 1 fully saturated rings. The summed E-state index contributed by atoms with van der Waals surface area (Å²) >= 11 is 6.24. The molecule has 0 saturated heterocycles. The Bertz CT molecular complexity index is 1270. The number of fused-ring (bicyclic) bond motifs is 1. The predicted octanol–water partition coefficient (Wildman–Crippen LogP) is 3.62. The van der Waals surface area contributed by atoms with Crippen LogP contribution in [0.2, 0.25) is 5.02 Å². The molecule has 2 amide bonds. The Labute approximate surface area is 202 Å². The highest BCUT2D eigenvalue weighted by Gasteiger charge is 2.20. The molecule has 1 saturated carbocycles. The zero-order valence-electron chi connectivity index (χ0n) is 19.0. The third-order valence-electron chi connectivity index (χ3n) is 6.03. The summed E-state index contributed by atoms with van der Waals surface area (Å²) in [5.74, 6) is -0.322. The van der Waals surface area contributed by atoms with E-state index in [2.05, 4.69) is 15.7 Å². The number of methoxy groups -OCH3 is 1. The minimum absolute atomic E-state index is 0.0457. The van der Waals surface area contributed by atoms with E-state index in [1.54, 1.807) is 42.5 Å². The molecule has 1 aliphatic rings. The molecule has 9 heteroatoms. The summed E-state index contributed by atoms with van der Waals surface area (Å²) in [7, 11) is 1.50. The van der Waals surface area contributed by atoms with Crippen molar-refractivity contribution in [2.45, 2.75) is 44.6 Å². The van der Waals surface area contributed by atoms with E-state index < -0.39 is 5.91 Å². The molecule has 2 N–H and O–H groups in total. The van der Waals surface area contributed by atoms with Gasteiger partial charge in [0, 0.05) is 11.4 Å². The van der Waals surface area contributed by atoms with Crippen LogP contribution in [-0.2, 0) is 4.79 Å². The van der Waals surface area contributed by atoms with E-state index in [1.165, 1.54) is 20.0 Å². The van der Waals surface area contributed by atoms with Gasteiger partial charge in [-0.2, -0.15) is 9.78 Å². The third-order valence-corrected chi connectivity index (χ3v) is 6.33. The number of benzene rings is 2. The number of aromatic nitrogens is 2. The van der Waals surface area contributed by atoms with Gasteiger partial charge in [-0.3, -0.25) is 14.4 Å². The molecule has 0 aliphatic heterocycles. The molecule has 0 atom stereocenters. The van der Waals surface area contributed by atoms with Gasteiger partial charge >= 0.3 is 0 Å². The second-order valence-corrected chi connectivity index (χ2v) is 8.78. The Balaban J connectivity index is 1.59. The van der Waals surface area contributed by atoms with Crippen LogP contribution in [0.4, 0.5) is 0 Å². The fourth-order valence-electron chi connectivity index (χ4n) is 4.27. The van der Waals surface area contributed by atoms with Gasteiger partial charge in [-0.25, -0.2) is 0 Å².